The van der Waals surface area contributed by atoms with Gasteiger partial charge in [0.15, 0.2) is 0 Å². The highest BCUT2D eigenvalue weighted by atomic mass is 79.9. The Morgan fingerprint density at radius 1 is 1.60 bits per heavy atom. The van der Waals surface area contributed by atoms with Gasteiger partial charge in [-0.25, -0.2) is 0 Å². The van der Waals surface area contributed by atoms with Crippen molar-refractivity contribution in [1.29, 1.82) is 0 Å². The number of halogens is 1. The van der Waals surface area contributed by atoms with Gasteiger partial charge in [-0.15, -0.1) is 11.3 Å². The van der Waals surface area contributed by atoms with Crippen LogP contribution in [0.2, 0.25) is 0 Å². The average molecular weight is 288 g/mol. The third-order valence-electron chi connectivity index (χ3n) is 3.01. The zero-order valence-corrected chi connectivity index (χ0v) is 11.3. The van der Waals surface area contributed by atoms with Crippen LogP contribution in [0.25, 0.3) is 0 Å². The smallest absolute Gasteiger partial charge is 0.263 e. The van der Waals surface area contributed by atoms with Gasteiger partial charge in [-0.1, -0.05) is 0 Å². The highest BCUT2D eigenvalue weighted by Gasteiger charge is 2.27. The summed E-state index contributed by atoms with van der Waals surface area (Å²) in [4.78, 5) is 14.8. The van der Waals surface area contributed by atoms with Crippen molar-refractivity contribution in [3.05, 3.63) is 20.3 Å². The average Bonchev–Trinajstić information content (AvgIpc) is 2.43. The number of thiophene rings is 1. The van der Waals surface area contributed by atoms with E-state index in [0.717, 1.165) is 27.1 Å². The third-order valence-corrected chi connectivity index (χ3v) is 5.14. The summed E-state index contributed by atoms with van der Waals surface area (Å²) >= 11 is 4.98. The topological polar surface area (TPSA) is 20.3 Å². The lowest BCUT2D eigenvalue weighted by Crippen LogP contribution is -2.40. The van der Waals surface area contributed by atoms with Gasteiger partial charge < -0.3 is 4.90 Å². The van der Waals surface area contributed by atoms with E-state index in [1.165, 1.54) is 17.8 Å². The summed E-state index contributed by atoms with van der Waals surface area (Å²) in [5.74, 6) is 0.165. The second-order valence-corrected chi connectivity index (χ2v) is 6.44. The molecule has 1 aliphatic carbocycles. The number of carbonyl (C=O) groups is 1. The molecule has 0 aliphatic heterocycles. The molecule has 1 saturated carbocycles. The molecule has 4 heteroatoms. The van der Waals surface area contributed by atoms with Gasteiger partial charge in [0.25, 0.3) is 5.91 Å². The number of rotatable bonds is 2. The van der Waals surface area contributed by atoms with E-state index in [9.17, 15) is 4.79 Å². The van der Waals surface area contributed by atoms with Crippen LogP contribution in [-0.2, 0) is 0 Å². The van der Waals surface area contributed by atoms with Gasteiger partial charge in [0, 0.05) is 13.1 Å². The summed E-state index contributed by atoms with van der Waals surface area (Å²) in [5.41, 5.74) is 1.14. The molecule has 0 unspecified atom stereocenters. The van der Waals surface area contributed by atoms with E-state index in [-0.39, 0.29) is 5.91 Å². The summed E-state index contributed by atoms with van der Waals surface area (Å²) < 4.78 is 1.06. The number of hydrogen-bond donors (Lipinski definition) is 0. The Morgan fingerprint density at radius 3 is 2.67 bits per heavy atom. The minimum Gasteiger partial charge on any atom is -0.338 e. The molecule has 1 heterocycles. The van der Waals surface area contributed by atoms with Gasteiger partial charge in [0.1, 0.15) is 0 Å². The predicted octanol–water partition coefficient (Wildman–Crippen LogP) is 3.44. The van der Waals surface area contributed by atoms with Crippen molar-refractivity contribution in [2.24, 2.45) is 0 Å². The van der Waals surface area contributed by atoms with Crippen molar-refractivity contribution < 1.29 is 4.79 Å². The number of hydrogen-bond acceptors (Lipinski definition) is 2. The Balaban J connectivity index is 2.12. The Bertz CT molecular complexity index is 364. The quantitative estimate of drug-likeness (QED) is 0.816. The van der Waals surface area contributed by atoms with Crippen LogP contribution < -0.4 is 0 Å². The largest absolute Gasteiger partial charge is 0.338 e. The van der Waals surface area contributed by atoms with E-state index < -0.39 is 0 Å². The lowest BCUT2D eigenvalue weighted by molar-refractivity contribution is 0.0657. The number of nitrogens with zero attached hydrogens (tertiary/aromatic N) is 1. The molecular formula is C11H14BrNOS. The standard InChI is InChI=1S/C11H14BrNOS/c1-7-6-9(15-10(7)12)11(14)13(2)8-4-3-5-8/h6,8H,3-5H2,1-2H3. The molecule has 0 bridgehead atoms. The maximum Gasteiger partial charge on any atom is 0.263 e. The zero-order valence-electron chi connectivity index (χ0n) is 8.92. The Morgan fingerprint density at radius 2 is 2.27 bits per heavy atom. The molecule has 0 spiro atoms. The lowest BCUT2D eigenvalue weighted by atomic mass is 9.92. The molecule has 0 N–H and O–H groups in total. The minimum absolute atomic E-state index is 0.165. The lowest BCUT2D eigenvalue weighted by Gasteiger charge is -2.34. The minimum atomic E-state index is 0.165. The van der Waals surface area contributed by atoms with Crippen molar-refractivity contribution in [3.63, 3.8) is 0 Å². The van der Waals surface area contributed by atoms with Crippen molar-refractivity contribution in [2.45, 2.75) is 32.2 Å². The van der Waals surface area contributed by atoms with Gasteiger partial charge >= 0.3 is 0 Å². The first kappa shape index (κ1) is 11.1. The van der Waals surface area contributed by atoms with Crippen molar-refractivity contribution in [2.75, 3.05) is 7.05 Å². The summed E-state index contributed by atoms with van der Waals surface area (Å²) in [6.45, 7) is 2.01. The van der Waals surface area contributed by atoms with Gasteiger partial charge in [-0.3, -0.25) is 4.79 Å². The van der Waals surface area contributed by atoms with Gasteiger partial charge in [0.2, 0.25) is 0 Å². The van der Waals surface area contributed by atoms with Crippen molar-refractivity contribution in [1.82, 2.24) is 4.90 Å². The van der Waals surface area contributed by atoms with Crippen molar-refractivity contribution >= 4 is 33.2 Å². The van der Waals surface area contributed by atoms with E-state index in [0.29, 0.717) is 6.04 Å². The van der Waals surface area contributed by atoms with Crippen LogP contribution in [0, 0.1) is 6.92 Å². The first-order chi connectivity index (χ1) is 7.09. The number of amides is 1. The number of carbonyl (C=O) groups excluding carboxylic acids is 1. The molecule has 1 aromatic rings. The van der Waals surface area contributed by atoms with Crippen LogP contribution >= 0.6 is 27.3 Å². The van der Waals surface area contributed by atoms with E-state index in [1.807, 2.05) is 24.9 Å². The Labute approximate surface area is 102 Å². The number of aryl methyl sites for hydroxylation is 1. The second-order valence-electron chi connectivity index (χ2n) is 4.07. The predicted molar refractivity (Wildman–Crippen MR) is 66.5 cm³/mol. The first-order valence-electron chi connectivity index (χ1n) is 5.12. The maximum atomic E-state index is 12.1. The maximum absolute atomic E-state index is 12.1. The van der Waals surface area contributed by atoms with Gasteiger partial charge in [-0.2, -0.15) is 0 Å². The van der Waals surface area contributed by atoms with Crippen LogP contribution in [0.15, 0.2) is 9.85 Å². The van der Waals surface area contributed by atoms with Crippen molar-refractivity contribution in [3.8, 4) is 0 Å². The third kappa shape index (κ3) is 2.11. The summed E-state index contributed by atoms with van der Waals surface area (Å²) in [7, 11) is 1.91. The molecule has 1 aromatic heterocycles. The molecular weight excluding hydrogens is 274 g/mol. The first-order valence-corrected chi connectivity index (χ1v) is 6.73. The van der Waals surface area contributed by atoms with Crippen LogP contribution in [0.3, 0.4) is 0 Å². The highest BCUT2D eigenvalue weighted by Crippen LogP contribution is 2.30. The SMILES string of the molecule is Cc1cc(C(=O)N(C)C2CCC2)sc1Br. The molecule has 1 fully saturated rings. The Hall–Kier alpha value is -0.350. The molecule has 0 saturated heterocycles. The summed E-state index contributed by atoms with van der Waals surface area (Å²) in [5, 5.41) is 0. The molecule has 0 atom stereocenters. The van der Waals surface area contributed by atoms with Gasteiger partial charge in [-0.05, 0) is 53.7 Å². The molecule has 0 radical (unpaired) electrons. The molecule has 2 rings (SSSR count). The molecule has 1 aliphatic rings. The van der Waals surface area contributed by atoms with Gasteiger partial charge in [0.05, 0.1) is 8.66 Å². The zero-order chi connectivity index (χ0) is 11.0. The normalized spacial score (nSPS) is 16.2. The molecule has 1 amide bonds. The van der Waals surface area contributed by atoms with Crippen LogP contribution in [0.5, 0.6) is 0 Å². The molecule has 0 aromatic carbocycles. The van der Waals surface area contributed by atoms with Crippen LogP contribution in [0.4, 0.5) is 0 Å². The second kappa shape index (κ2) is 4.26. The van der Waals surface area contributed by atoms with E-state index in [4.69, 9.17) is 0 Å². The van der Waals surface area contributed by atoms with E-state index in [1.54, 1.807) is 0 Å². The fourth-order valence-electron chi connectivity index (χ4n) is 1.68. The molecule has 15 heavy (non-hydrogen) atoms. The summed E-state index contributed by atoms with van der Waals surface area (Å²) in [6.07, 6.45) is 3.58. The Kier molecular flexibility index (Phi) is 3.16. The fourth-order valence-corrected chi connectivity index (χ4v) is 3.20. The van der Waals surface area contributed by atoms with E-state index >= 15 is 0 Å². The monoisotopic (exact) mass is 287 g/mol. The summed E-state index contributed by atoms with van der Waals surface area (Å²) in [6, 6.07) is 2.44. The fraction of sp³-hybridized carbons (Fsp3) is 0.545. The molecule has 82 valence electrons. The molecule has 2 nitrogen and oxygen atoms in total. The highest BCUT2D eigenvalue weighted by molar-refractivity contribution is 9.11. The van der Waals surface area contributed by atoms with Crippen LogP contribution in [-0.4, -0.2) is 23.9 Å². The van der Waals surface area contributed by atoms with Crippen LogP contribution in [0.1, 0.15) is 34.5 Å². The van der Waals surface area contributed by atoms with E-state index in [2.05, 4.69) is 15.9 Å².